The number of aryl methyl sites for hydroxylation is 1. The van der Waals surface area contributed by atoms with Crippen molar-refractivity contribution in [2.24, 2.45) is 5.92 Å². The largest absolute Gasteiger partial charge is 0.496 e. The Morgan fingerprint density at radius 1 is 1.40 bits per heavy atom. The molecule has 1 aromatic carbocycles. The van der Waals surface area contributed by atoms with E-state index in [0.717, 1.165) is 35.8 Å². The number of hydrogen-bond donors (Lipinski definition) is 1. The number of hydrogen-bond acceptors (Lipinski definition) is 3. The number of carbonyl (C=O) groups excluding carboxylic acids is 1. The lowest BCUT2D eigenvalue weighted by Crippen LogP contribution is -2.31. The second-order valence-corrected chi connectivity index (χ2v) is 5.83. The summed E-state index contributed by atoms with van der Waals surface area (Å²) in [7, 11) is 1.68. The molecule has 0 bridgehead atoms. The fourth-order valence-electron chi connectivity index (χ4n) is 2.89. The Balaban J connectivity index is 1.76. The smallest absolute Gasteiger partial charge is 0.238 e. The molecule has 1 aliphatic heterocycles. The summed E-state index contributed by atoms with van der Waals surface area (Å²) < 4.78 is 5.30. The Kier molecular flexibility index (Phi) is 3.66. The number of methoxy groups -OCH3 is 1. The number of carbonyl (C=O) groups is 1. The maximum Gasteiger partial charge on any atom is 0.238 e. The summed E-state index contributed by atoms with van der Waals surface area (Å²) in [5.41, 5.74) is 2.25. The first-order valence-corrected chi connectivity index (χ1v) is 7.36. The molecule has 1 amide bonds. The number of ether oxygens (including phenoxy) is 1. The lowest BCUT2D eigenvalue weighted by molar-refractivity contribution is -0.128. The molecule has 3 rings (SSSR count). The van der Waals surface area contributed by atoms with Crippen LogP contribution in [-0.4, -0.2) is 31.0 Å². The van der Waals surface area contributed by atoms with Gasteiger partial charge in [0.2, 0.25) is 5.91 Å². The first kappa shape index (κ1) is 13.4. The summed E-state index contributed by atoms with van der Waals surface area (Å²) in [6.07, 6.45) is 3.83. The minimum atomic E-state index is 0.0193. The summed E-state index contributed by atoms with van der Waals surface area (Å²) >= 11 is 0. The molecule has 20 heavy (non-hydrogen) atoms. The molecule has 4 nitrogen and oxygen atoms in total. The summed E-state index contributed by atoms with van der Waals surface area (Å²) in [6, 6.07) is 6.14. The molecule has 0 spiro atoms. The van der Waals surface area contributed by atoms with E-state index in [1.807, 2.05) is 24.0 Å². The second kappa shape index (κ2) is 5.44. The third-order valence-corrected chi connectivity index (χ3v) is 4.29. The average Bonchev–Trinajstić information content (AvgIpc) is 3.20. The molecule has 1 atom stereocenters. The lowest BCUT2D eigenvalue weighted by Gasteiger charge is -2.25. The number of nitrogens with one attached hydrogen (secondary N) is 1. The SMILES string of the molecule is COc1ccc(C2NCC(=O)N2CCC2CC2)cc1C. The van der Waals surface area contributed by atoms with Crippen LogP contribution >= 0.6 is 0 Å². The van der Waals surface area contributed by atoms with Gasteiger partial charge in [-0.25, -0.2) is 0 Å². The van der Waals surface area contributed by atoms with Crippen LogP contribution in [0.15, 0.2) is 18.2 Å². The van der Waals surface area contributed by atoms with Crippen molar-refractivity contribution in [1.29, 1.82) is 0 Å². The fraction of sp³-hybridized carbons (Fsp3) is 0.562. The molecule has 0 aromatic heterocycles. The molecule has 1 saturated heterocycles. The minimum absolute atomic E-state index is 0.0193. The Bertz CT molecular complexity index is 511. The van der Waals surface area contributed by atoms with Crippen LogP contribution < -0.4 is 10.1 Å². The highest BCUT2D eigenvalue weighted by Crippen LogP contribution is 2.34. The zero-order chi connectivity index (χ0) is 14.1. The molecule has 1 saturated carbocycles. The first-order chi connectivity index (χ1) is 9.69. The van der Waals surface area contributed by atoms with Crippen molar-refractivity contribution in [3.63, 3.8) is 0 Å². The van der Waals surface area contributed by atoms with E-state index in [0.29, 0.717) is 6.54 Å². The van der Waals surface area contributed by atoms with Crippen LogP contribution in [0.4, 0.5) is 0 Å². The van der Waals surface area contributed by atoms with Gasteiger partial charge in [0.1, 0.15) is 11.9 Å². The summed E-state index contributed by atoms with van der Waals surface area (Å²) in [4.78, 5) is 14.0. The summed E-state index contributed by atoms with van der Waals surface area (Å²) in [6.45, 7) is 3.35. The van der Waals surface area contributed by atoms with Crippen molar-refractivity contribution < 1.29 is 9.53 Å². The predicted octanol–water partition coefficient (Wildman–Crippen LogP) is 2.23. The van der Waals surface area contributed by atoms with Gasteiger partial charge in [-0.1, -0.05) is 18.9 Å². The zero-order valence-electron chi connectivity index (χ0n) is 12.2. The Labute approximate surface area is 120 Å². The summed E-state index contributed by atoms with van der Waals surface area (Å²) in [5.74, 6) is 1.95. The number of rotatable bonds is 5. The highest BCUT2D eigenvalue weighted by molar-refractivity contribution is 5.81. The molecule has 108 valence electrons. The molecular weight excluding hydrogens is 252 g/mol. The van der Waals surface area contributed by atoms with Crippen molar-refractivity contribution in [1.82, 2.24) is 10.2 Å². The fourth-order valence-corrected chi connectivity index (χ4v) is 2.89. The van der Waals surface area contributed by atoms with Gasteiger partial charge in [-0.3, -0.25) is 10.1 Å². The van der Waals surface area contributed by atoms with Gasteiger partial charge in [-0.15, -0.1) is 0 Å². The van der Waals surface area contributed by atoms with Gasteiger partial charge >= 0.3 is 0 Å². The van der Waals surface area contributed by atoms with Gasteiger partial charge in [-0.2, -0.15) is 0 Å². The van der Waals surface area contributed by atoms with E-state index < -0.39 is 0 Å². The Morgan fingerprint density at radius 2 is 2.20 bits per heavy atom. The van der Waals surface area contributed by atoms with Crippen molar-refractivity contribution in [2.45, 2.75) is 32.4 Å². The zero-order valence-corrected chi connectivity index (χ0v) is 12.2. The maximum atomic E-state index is 12.0. The number of benzene rings is 1. The standard InChI is InChI=1S/C16H22N2O2/c1-11-9-13(5-6-14(11)20-2)16-17-10-15(19)18(16)8-7-12-3-4-12/h5-6,9,12,16-17H,3-4,7-8,10H2,1-2H3. The van der Waals surface area contributed by atoms with E-state index in [2.05, 4.69) is 11.4 Å². The van der Waals surface area contributed by atoms with Crippen molar-refractivity contribution in [3.05, 3.63) is 29.3 Å². The molecule has 1 aromatic rings. The van der Waals surface area contributed by atoms with E-state index in [1.54, 1.807) is 7.11 Å². The number of nitrogens with zero attached hydrogens (tertiary/aromatic N) is 1. The van der Waals surface area contributed by atoms with Crippen molar-refractivity contribution in [3.8, 4) is 5.75 Å². The highest BCUT2D eigenvalue weighted by Gasteiger charge is 2.33. The molecule has 2 fully saturated rings. The van der Waals surface area contributed by atoms with Crippen LogP contribution in [0.5, 0.6) is 5.75 Å². The average molecular weight is 274 g/mol. The monoisotopic (exact) mass is 274 g/mol. The van der Waals surface area contributed by atoms with Crippen LogP contribution in [0.2, 0.25) is 0 Å². The molecule has 1 aliphatic carbocycles. The van der Waals surface area contributed by atoms with Gasteiger partial charge in [-0.05, 0) is 42.5 Å². The maximum absolute atomic E-state index is 12.0. The molecule has 0 radical (unpaired) electrons. The third-order valence-electron chi connectivity index (χ3n) is 4.29. The molecule has 1 N–H and O–H groups in total. The van der Waals surface area contributed by atoms with Crippen LogP contribution in [0.25, 0.3) is 0 Å². The van der Waals surface area contributed by atoms with E-state index in [1.165, 1.54) is 12.8 Å². The second-order valence-electron chi connectivity index (χ2n) is 5.83. The van der Waals surface area contributed by atoms with E-state index in [9.17, 15) is 4.79 Å². The Morgan fingerprint density at radius 3 is 2.85 bits per heavy atom. The molecule has 1 heterocycles. The van der Waals surface area contributed by atoms with Crippen molar-refractivity contribution >= 4 is 5.91 Å². The minimum Gasteiger partial charge on any atom is -0.496 e. The molecular formula is C16H22N2O2. The van der Waals surface area contributed by atoms with Gasteiger partial charge in [0.15, 0.2) is 0 Å². The van der Waals surface area contributed by atoms with Crippen LogP contribution in [0, 0.1) is 12.8 Å². The van der Waals surface area contributed by atoms with Crippen molar-refractivity contribution in [2.75, 3.05) is 20.2 Å². The predicted molar refractivity (Wildman–Crippen MR) is 77.5 cm³/mol. The van der Waals surface area contributed by atoms with Gasteiger partial charge in [0.25, 0.3) is 0 Å². The van der Waals surface area contributed by atoms with Gasteiger partial charge in [0, 0.05) is 6.54 Å². The van der Waals surface area contributed by atoms with Crippen LogP contribution in [0.3, 0.4) is 0 Å². The first-order valence-electron chi connectivity index (χ1n) is 7.36. The molecule has 2 aliphatic rings. The van der Waals surface area contributed by atoms with Gasteiger partial charge < -0.3 is 9.64 Å². The Hall–Kier alpha value is -1.55. The summed E-state index contributed by atoms with van der Waals surface area (Å²) in [5, 5.41) is 3.32. The quantitative estimate of drug-likeness (QED) is 0.895. The van der Waals surface area contributed by atoms with Crippen LogP contribution in [-0.2, 0) is 4.79 Å². The normalized spacial score (nSPS) is 22.4. The van der Waals surface area contributed by atoms with Gasteiger partial charge in [0.05, 0.1) is 13.7 Å². The van der Waals surface area contributed by atoms with E-state index in [-0.39, 0.29) is 12.1 Å². The lowest BCUT2D eigenvalue weighted by atomic mass is 10.1. The third kappa shape index (κ3) is 2.66. The van der Waals surface area contributed by atoms with E-state index in [4.69, 9.17) is 4.74 Å². The topological polar surface area (TPSA) is 41.6 Å². The number of amides is 1. The molecule has 4 heteroatoms. The van der Waals surface area contributed by atoms with E-state index >= 15 is 0 Å². The van der Waals surface area contributed by atoms with Crippen LogP contribution in [0.1, 0.15) is 36.6 Å². The molecule has 1 unspecified atom stereocenters. The highest BCUT2D eigenvalue weighted by atomic mass is 16.5.